The highest BCUT2D eigenvalue weighted by Gasteiger charge is 2.26. The van der Waals surface area contributed by atoms with Crippen molar-refractivity contribution in [1.82, 2.24) is 9.29 Å². The second-order valence-electron chi connectivity index (χ2n) is 7.94. The molecule has 178 valence electrons. The molecular weight excluding hydrogens is 474 g/mol. The summed E-state index contributed by atoms with van der Waals surface area (Å²) in [5.74, 6) is 0.987. The van der Waals surface area contributed by atoms with Crippen molar-refractivity contribution in [1.29, 1.82) is 0 Å². The maximum absolute atomic E-state index is 13.5. The van der Waals surface area contributed by atoms with Crippen molar-refractivity contribution >= 4 is 42.6 Å². The third-order valence-corrected chi connectivity index (χ3v) is 8.55. The zero-order chi connectivity index (χ0) is 24.5. The second kappa shape index (κ2) is 9.57. The largest absolute Gasteiger partial charge is 0.497 e. The van der Waals surface area contributed by atoms with Crippen LogP contribution in [0.5, 0.6) is 5.75 Å². The standard InChI is InChI=1S/C24H25N3O5S2/c1-16(2)26(3)34(29,30)20-10-7-17(8-11-20)23(28)27(15-19-6-5-13-32-19)24-25-21-12-9-18(31-4)14-22(21)33-24/h5-14,16H,15H2,1-4H3. The molecular formula is C24H25N3O5S2. The molecule has 2 heterocycles. The number of carbonyl (C=O) groups excluding carboxylic acids is 1. The summed E-state index contributed by atoms with van der Waals surface area (Å²) in [6.07, 6.45) is 1.55. The number of fused-ring (bicyclic) bond motifs is 1. The lowest BCUT2D eigenvalue weighted by atomic mass is 10.2. The van der Waals surface area contributed by atoms with E-state index in [1.807, 2.05) is 18.2 Å². The summed E-state index contributed by atoms with van der Waals surface area (Å²) in [7, 11) is -0.517. The van der Waals surface area contributed by atoms with Crippen LogP contribution in [0.3, 0.4) is 0 Å². The number of amides is 1. The summed E-state index contributed by atoms with van der Waals surface area (Å²) in [5.41, 5.74) is 1.09. The number of sulfonamides is 1. The van der Waals surface area contributed by atoms with Crippen molar-refractivity contribution in [2.75, 3.05) is 19.1 Å². The highest BCUT2D eigenvalue weighted by atomic mass is 32.2. The summed E-state index contributed by atoms with van der Waals surface area (Å²) in [6, 6.07) is 14.8. The molecule has 34 heavy (non-hydrogen) atoms. The Bertz CT molecular complexity index is 1390. The summed E-state index contributed by atoms with van der Waals surface area (Å²) in [5, 5.41) is 0.501. The first-order valence-corrected chi connectivity index (χ1v) is 12.8. The highest BCUT2D eigenvalue weighted by Crippen LogP contribution is 2.33. The van der Waals surface area contributed by atoms with Gasteiger partial charge in [-0.05, 0) is 68.4 Å². The van der Waals surface area contributed by atoms with Gasteiger partial charge in [0.1, 0.15) is 11.5 Å². The minimum absolute atomic E-state index is 0.130. The van der Waals surface area contributed by atoms with E-state index < -0.39 is 10.0 Å². The SMILES string of the molecule is COc1ccc2nc(N(Cc3ccco3)C(=O)c3ccc(S(=O)(=O)N(C)C(C)C)cc3)sc2c1. The van der Waals surface area contributed by atoms with Crippen LogP contribution in [-0.4, -0.2) is 43.8 Å². The number of hydrogen-bond acceptors (Lipinski definition) is 7. The zero-order valence-corrected chi connectivity index (χ0v) is 20.9. The molecule has 0 saturated heterocycles. The maximum Gasteiger partial charge on any atom is 0.260 e. The number of nitrogens with zero attached hydrogens (tertiary/aromatic N) is 3. The normalized spacial score (nSPS) is 11.9. The van der Waals surface area contributed by atoms with Gasteiger partial charge in [0, 0.05) is 18.7 Å². The number of furan rings is 1. The molecule has 0 unspecified atom stereocenters. The van der Waals surface area contributed by atoms with Crippen molar-refractivity contribution in [2.24, 2.45) is 0 Å². The van der Waals surface area contributed by atoms with Gasteiger partial charge < -0.3 is 9.15 Å². The first kappa shape index (κ1) is 23.9. The minimum atomic E-state index is -3.65. The lowest BCUT2D eigenvalue weighted by molar-refractivity contribution is 0.0983. The Morgan fingerprint density at radius 1 is 1.15 bits per heavy atom. The van der Waals surface area contributed by atoms with Crippen LogP contribution in [0.2, 0.25) is 0 Å². The number of methoxy groups -OCH3 is 1. The van der Waals surface area contributed by atoms with Gasteiger partial charge in [-0.2, -0.15) is 4.31 Å². The number of benzene rings is 2. The predicted octanol–water partition coefficient (Wildman–Crippen LogP) is 4.77. The van der Waals surface area contributed by atoms with E-state index >= 15 is 0 Å². The zero-order valence-electron chi connectivity index (χ0n) is 19.3. The van der Waals surface area contributed by atoms with Crippen molar-refractivity contribution in [3.63, 3.8) is 0 Å². The van der Waals surface area contributed by atoms with Gasteiger partial charge >= 0.3 is 0 Å². The van der Waals surface area contributed by atoms with Crippen molar-refractivity contribution in [3.05, 3.63) is 72.2 Å². The van der Waals surface area contributed by atoms with Crippen LogP contribution in [0.15, 0.2) is 70.2 Å². The van der Waals surface area contributed by atoms with E-state index in [1.54, 1.807) is 39.4 Å². The van der Waals surface area contributed by atoms with Gasteiger partial charge in [0.25, 0.3) is 5.91 Å². The van der Waals surface area contributed by atoms with Gasteiger partial charge in [0.2, 0.25) is 10.0 Å². The minimum Gasteiger partial charge on any atom is -0.497 e. The van der Waals surface area contributed by atoms with E-state index in [1.165, 1.54) is 51.9 Å². The number of aromatic nitrogens is 1. The second-order valence-corrected chi connectivity index (χ2v) is 10.9. The number of anilines is 1. The Morgan fingerprint density at radius 2 is 1.88 bits per heavy atom. The van der Waals surface area contributed by atoms with Crippen LogP contribution in [0.1, 0.15) is 30.0 Å². The molecule has 0 fully saturated rings. The molecule has 0 aliphatic rings. The van der Waals surface area contributed by atoms with E-state index in [-0.39, 0.29) is 23.4 Å². The molecule has 0 bridgehead atoms. The van der Waals surface area contributed by atoms with Crippen LogP contribution in [0, 0.1) is 0 Å². The van der Waals surface area contributed by atoms with Gasteiger partial charge in [-0.25, -0.2) is 13.4 Å². The average Bonchev–Trinajstić information content (AvgIpc) is 3.50. The third kappa shape index (κ3) is 4.70. The van der Waals surface area contributed by atoms with Gasteiger partial charge in [-0.15, -0.1) is 0 Å². The first-order chi connectivity index (χ1) is 16.2. The van der Waals surface area contributed by atoms with Gasteiger partial charge in [0.05, 0.1) is 35.0 Å². The Labute approximate surface area is 202 Å². The summed E-state index contributed by atoms with van der Waals surface area (Å²) >= 11 is 1.36. The number of carbonyl (C=O) groups is 1. The Hall–Kier alpha value is -3.21. The molecule has 0 radical (unpaired) electrons. The van der Waals surface area contributed by atoms with E-state index in [0.717, 1.165) is 10.2 Å². The van der Waals surface area contributed by atoms with Crippen LogP contribution >= 0.6 is 11.3 Å². The molecule has 10 heteroatoms. The van der Waals surface area contributed by atoms with Crippen LogP contribution in [0.4, 0.5) is 5.13 Å². The predicted molar refractivity (Wildman–Crippen MR) is 132 cm³/mol. The maximum atomic E-state index is 13.5. The molecule has 0 atom stereocenters. The molecule has 4 aromatic rings. The van der Waals surface area contributed by atoms with Crippen molar-refractivity contribution in [3.8, 4) is 5.75 Å². The Kier molecular flexibility index (Phi) is 6.74. The third-order valence-electron chi connectivity index (χ3n) is 5.46. The lowest BCUT2D eigenvalue weighted by Crippen LogP contribution is -2.33. The Morgan fingerprint density at radius 3 is 2.50 bits per heavy atom. The topological polar surface area (TPSA) is 93.0 Å². The van der Waals surface area contributed by atoms with E-state index in [2.05, 4.69) is 4.98 Å². The van der Waals surface area contributed by atoms with Crippen LogP contribution < -0.4 is 9.64 Å². The molecule has 0 spiro atoms. The summed E-state index contributed by atoms with van der Waals surface area (Å²) in [6.45, 7) is 3.78. The van der Waals surface area contributed by atoms with Gasteiger partial charge in [0.15, 0.2) is 5.13 Å². The summed E-state index contributed by atoms with van der Waals surface area (Å²) < 4.78 is 38.5. The van der Waals surface area contributed by atoms with Gasteiger partial charge in [-0.3, -0.25) is 9.69 Å². The fourth-order valence-electron chi connectivity index (χ4n) is 3.29. The molecule has 4 rings (SSSR count). The van der Waals surface area contributed by atoms with E-state index in [0.29, 0.717) is 22.2 Å². The first-order valence-electron chi connectivity index (χ1n) is 10.6. The smallest absolute Gasteiger partial charge is 0.260 e. The van der Waals surface area contributed by atoms with Crippen LogP contribution in [-0.2, 0) is 16.6 Å². The van der Waals surface area contributed by atoms with E-state index in [9.17, 15) is 13.2 Å². The quantitative estimate of drug-likeness (QED) is 0.347. The number of thiazole rings is 1. The number of rotatable bonds is 8. The Balaban J connectivity index is 1.69. The monoisotopic (exact) mass is 499 g/mol. The highest BCUT2D eigenvalue weighted by molar-refractivity contribution is 7.89. The molecule has 2 aromatic heterocycles. The lowest BCUT2D eigenvalue weighted by Gasteiger charge is -2.21. The average molecular weight is 500 g/mol. The molecule has 2 aromatic carbocycles. The summed E-state index contributed by atoms with van der Waals surface area (Å²) in [4.78, 5) is 19.8. The van der Waals surface area contributed by atoms with Crippen molar-refractivity contribution < 1.29 is 22.4 Å². The van der Waals surface area contributed by atoms with Gasteiger partial charge in [-0.1, -0.05) is 11.3 Å². The number of hydrogen-bond donors (Lipinski definition) is 0. The molecule has 8 nitrogen and oxygen atoms in total. The number of ether oxygens (including phenoxy) is 1. The molecule has 0 N–H and O–H groups in total. The van der Waals surface area contributed by atoms with Crippen molar-refractivity contribution in [2.45, 2.75) is 31.3 Å². The molecule has 1 amide bonds. The van der Waals surface area contributed by atoms with Crippen LogP contribution in [0.25, 0.3) is 10.2 Å². The van der Waals surface area contributed by atoms with E-state index in [4.69, 9.17) is 9.15 Å². The molecule has 0 aliphatic heterocycles. The molecule has 0 saturated carbocycles. The fraction of sp³-hybridized carbons (Fsp3) is 0.250. The fourth-order valence-corrected chi connectivity index (χ4v) is 5.65. The molecule has 0 aliphatic carbocycles.